The van der Waals surface area contributed by atoms with Gasteiger partial charge in [-0.25, -0.2) is 9.59 Å². The smallest absolute Gasteiger partial charge is 0.338 e. The molecule has 3 amide bonds. The monoisotopic (exact) mass is 437 g/mol. The first-order valence-electron chi connectivity index (χ1n) is 11.1. The van der Waals surface area contributed by atoms with Crippen molar-refractivity contribution in [2.24, 2.45) is 11.8 Å². The summed E-state index contributed by atoms with van der Waals surface area (Å²) in [5.41, 5.74) is 2.90. The Balaban J connectivity index is 1.50. The van der Waals surface area contributed by atoms with Gasteiger partial charge in [0.15, 0.2) is 0 Å². The van der Waals surface area contributed by atoms with Crippen LogP contribution in [0.25, 0.3) is 0 Å². The number of carbonyl (C=O) groups is 3. The molecular weight excluding hydrogens is 406 g/mol. The van der Waals surface area contributed by atoms with Crippen molar-refractivity contribution >= 4 is 29.3 Å². The maximum atomic E-state index is 12.8. The minimum atomic E-state index is -0.409. The fourth-order valence-corrected chi connectivity index (χ4v) is 3.85. The summed E-state index contributed by atoms with van der Waals surface area (Å²) in [6.07, 6.45) is 1.53. The van der Waals surface area contributed by atoms with Gasteiger partial charge >= 0.3 is 12.0 Å². The molecule has 0 bridgehead atoms. The summed E-state index contributed by atoms with van der Waals surface area (Å²) < 4.78 is 5.01. The lowest BCUT2D eigenvalue weighted by atomic mass is 9.85. The van der Waals surface area contributed by atoms with Crippen LogP contribution < -0.4 is 10.6 Å². The van der Waals surface area contributed by atoms with Gasteiger partial charge < -0.3 is 20.3 Å². The zero-order chi connectivity index (χ0) is 23.1. The molecule has 3 rings (SSSR count). The Morgan fingerprint density at radius 3 is 2.38 bits per heavy atom. The number of likely N-dealkylation sites (tertiary alicyclic amines) is 1. The number of ether oxygens (including phenoxy) is 1. The minimum Gasteiger partial charge on any atom is -0.462 e. The molecule has 1 unspecified atom stereocenters. The molecule has 0 aromatic heterocycles. The van der Waals surface area contributed by atoms with Crippen molar-refractivity contribution in [3.63, 3.8) is 0 Å². The number of carbonyl (C=O) groups excluding carboxylic acids is 3. The van der Waals surface area contributed by atoms with E-state index in [4.69, 9.17) is 4.74 Å². The van der Waals surface area contributed by atoms with E-state index in [9.17, 15) is 14.4 Å². The number of nitrogens with zero attached hydrogens (tertiary/aromatic N) is 1. The molecule has 0 radical (unpaired) electrons. The summed E-state index contributed by atoms with van der Waals surface area (Å²) in [6.45, 7) is 7.19. The van der Waals surface area contributed by atoms with E-state index in [1.165, 1.54) is 0 Å². The Labute approximate surface area is 189 Å². The van der Waals surface area contributed by atoms with Gasteiger partial charge in [-0.3, -0.25) is 4.79 Å². The quantitative estimate of drug-likeness (QED) is 0.642. The van der Waals surface area contributed by atoms with Crippen LogP contribution in [0.4, 0.5) is 16.2 Å². The lowest BCUT2D eigenvalue weighted by Crippen LogP contribution is -2.43. The van der Waals surface area contributed by atoms with Crippen molar-refractivity contribution in [1.29, 1.82) is 0 Å². The summed E-state index contributed by atoms with van der Waals surface area (Å²) in [5, 5.41) is 5.84. The molecule has 170 valence electrons. The van der Waals surface area contributed by atoms with Gasteiger partial charge in [-0.2, -0.15) is 0 Å². The van der Waals surface area contributed by atoms with Crippen LogP contribution in [-0.2, 0) is 9.53 Å². The second-order valence-electron chi connectivity index (χ2n) is 8.20. The maximum absolute atomic E-state index is 12.8. The average molecular weight is 438 g/mol. The van der Waals surface area contributed by atoms with E-state index in [0.29, 0.717) is 30.9 Å². The molecule has 1 fully saturated rings. The van der Waals surface area contributed by atoms with Crippen molar-refractivity contribution in [3.8, 4) is 0 Å². The molecule has 2 aromatic carbocycles. The second kappa shape index (κ2) is 10.8. The highest BCUT2D eigenvalue weighted by Crippen LogP contribution is 2.27. The van der Waals surface area contributed by atoms with E-state index in [-0.39, 0.29) is 23.8 Å². The summed E-state index contributed by atoms with van der Waals surface area (Å²) in [5.74, 6) is -0.517. The summed E-state index contributed by atoms with van der Waals surface area (Å²) in [7, 11) is 0. The highest BCUT2D eigenvalue weighted by molar-refractivity contribution is 5.95. The molecule has 7 heteroatoms. The second-order valence-corrected chi connectivity index (χ2v) is 8.20. The topological polar surface area (TPSA) is 87.7 Å². The third-order valence-electron chi connectivity index (χ3n) is 5.89. The van der Waals surface area contributed by atoms with E-state index in [1.54, 1.807) is 36.1 Å². The number of amides is 3. The van der Waals surface area contributed by atoms with Crippen molar-refractivity contribution < 1.29 is 19.1 Å². The molecule has 1 atom stereocenters. The first-order chi connectivity index (χ1) is 15.4. The summed E-state index contributed by atoms with van der Waals surface area (Å²) in [4.78, 5) is 39.0. The van der Waals surface area contributed by atoms with Crippen LogP contribution in [-0.4, -0.2) is 42.5 Å². The number of esters is 1. The third kappa shape index (κ3) is 6.09. The van der Waals surface area contributed by atoms with Crippen LogP contribution in [0.15, 0.2) is 48.5 Å². The molecule has 0 spiro atoms. The largest absolute Gasteiger partial charge is 0.462 e. The van der Waals surface area contributed by atoms with Crippen molar-refractivity contribution in [1.82, 2.24) is 4.90 Å². The molecule has 32 heavy (non-hydrogen) atoms. The van der Waals surface area contributed by atoms with Gasteiger partial charge in [-0.05, 0) is 62.9 Å². The highest BCUT2D eigenvalue weighted by Gasteiger charge is 2.30. The Hall–Kier alpha value is -3.35. The van der Waals surface area contributed by atoms with Crippen molar-refractivity contribution in [2.75, 3.05) is 30.3 Å². The van der Waals surface area contributed by atoms with E-state index >= 15 is 0 Å². The first-order valence-corrected chi connectivity index (χ1v) is 11.1. The van der Waals surface area contributed by atoms with Crippen LogP contribution in [0.1, 0.15) is 42.6 Å². The van der Waals surface area contributed by atoms with Crippen LogP contribution in [0, 0.1) is 18.8 Å². The predicted octanol–water partition coefficient (Wildman–Crippen LogP) is 4.69. The van der Waals surface area contributed by atoms with Gasteiger partial charge in [0, 0.05) is 30.4 Å². The number of hydrogen-bond donors (Lipinski definition) is 2. The molecule has 1 aliphatic rings. The fraction of sp³-hybridized carbons (Fsp3) is 0.400. The average Bonchev–Trinajstić information content (AvgIpc) is 2.80. The highest BCUT2D eigenvalue weighted by atomic mass is 16.5. The van der Waals surface area contributed by atoms with Gasteiger partial charge in [0.1, 0.15) is 0 Å². The van der Waals surface area contributed by atoms with Crippen LogP contribution in [0.2, 0.25) is 0 Å². The summed E-state index contributed by atoms with van der Waals surface area (Å²) in [6, 6.07) is 14.4. The SMILES string of the molecule is CCOC(=O)c1cccc(NC(=O)C(C)C2CCN(C(=O)Nc3ccc(C)cc3)CC2)c1. The van der Waals surface area contributed by atoms with E-state index < -0.39 is 5.97 Å². The molecule has 0 aliphatic carbocycles. The number of piperidine rings is 1. The summed E-state index contributed by atoms with van der Waals surface area (Å²) >= 11 is 0. The van der Waals surface area contributed by atoms with Gasteiger partial charge in [-0.15, -0.1) is 0 Å². The Kier molecular flexibility index (Phi) is 7.87. The fourth-order valence-electron chi connectivity index (χ4n) is 3.85. The van der Waals surface area contributed by atoms with Crippen LogP contribution in [0.3, 0.4) is 0 Å². The number of aryl methyl sites for hydroxylation is 1. The molecule has 2 N–H and O–H groups in total. The lowest BCUT2D eigenvalue weighted by Gasteiger charge is -2.34. The predicted molar refractivity (Wildman–Crippen MR) is 125 cm³/mol. The van der Waals surface area contributed by atoms with E-state index in [0.717, 1.165) is 24.1 Å². The molecule has 0 saturated carbocycles. The first kappa shape index (κ1) is 23.3. The Bertz CT molecular complexity index is 950. The van der Waals surface area contributed by atoms with Crippen LogP contribution >= 0.6 is 0 Å². The molecule has 1 aliphatic heterocycles. The number of benzene rings is 2. The van der Waals surface area contributed by atoms with Gasteiger partial charge in [0.2, 0.25) is 5.91 Å². The number of anilines is 2. The Morgan fingerprint density at radius 2 is 1.72 bits per heavy atom. The minimum absolute atomic E-state index is 0.0893. The van der Waals surface area contributed by atoms with Crippen molar-refractivity contribution in [3.05, 3.63) is 59.7 Å². The third-order valence-corrected chi connectivity index (χ3v) is 5.89. The zero-order valence-corrected chi connectivity index (χ0v) is 18.9. The maximum Gasteiger partial charge on any atom is 0.338 e. The van der Waals surface area contributed by atoms with Crippen molar-refractivity contribution in [2.45, 2.75) is 33.6 Å². The van der Waals surface area contributed by atoms with E-state index in [2.05, 4.69) is 10.6 Å². The lowest BCUT2D eigenvalue weighted by molar-refractivity contribution is -0.121. The van der Waals surface area contributed by atoms with E-state index in [1.807, 2.05) is 38.1 Å². The number of urea groups is 1. The standard InChI is InChI=1S/C25H31N3O4/c1-4-32-24(30)20-6-5-7-22(16-20)26-23(29)18(3)19-12-14-28(15-13-19)25(31)27-21-10-8-17(2)9-11-21/h5-11,16,18-19H,4,12-15H2,1-3H3,(H,26,29)(H,27,31). The zero-order valence-electron chi connectivity index (χ0n) is 18.9. The normalized spacial score (nSPS) is 15.0. The van der Waals surface area contributed by atoms with Gasteiger partial charge in [0.25, 0.3) is 0 Å². The molecule has 7 nitrogen and oxygen atoms in total. The molecule has 1 saturated heterocycles. The Morgan fingerprint density at radius 1 is 1.03 bits per heavy atom. The van der Waals surface area contributed by atoms with Gasteiger partial charge in [-0.1, -0.05) is 30.7 Å². The molecule has 1 heterocycles. The van der Waals surface area contributed by atoms with Crippen LogP contribution in [0.5, 0.6) is 0 Å². The van der Waals surface area contributed by atoms with Gasteiger partial charge in [0.05, 0.1) is 12.2 Å². The molecule has 2 aromatic rings. The molecular formula is C25H31N3O4. The number of nitrogens with one attached hydrogen (secondary N) is 2. The number of hydrogen-bond acceptors (Lipinski definition) is 4. The number of rotatable bonds is 6.